The van der Waals surface area contributed by atoms with Gasteiger partial charge >= 0.3 is 0 Å². The molecule has 0 aliphatic carbocycles. The van der Waals surface area contributed by atoms with Gasteiger partial charge in [-0.1, -0.05) is 15.9 Å². The van der Waals surface area contributed by atoms with Crippen molar-refractivity contribution in [2.45, 2.75) is 20.8 Å². The van der Waals surface area contributed by atoms with Gasteiger partial charge in [0, 0.05) is 17.0 Å². The number of benzene rings is 2. The molecule has 0 atom stereocenters. The number of aryl methyl sites for hydroxylation is 2. The van der Waals surface area contributed by atoms with Crippen LogP contribution in [0.2, 0.25) is 0 Å². The van der Waals surface area contributed by atoms with Crippen LogP contribution in [0.4, 0.5) is 11.4 Å². The van der Waals surface area contributed by atoms with E-state index in [4.69, 9.17) is 0 Å². The summed E-state index contributed by atoms with van der Waals surface area (Å²) in [4.78, 5) is 33.0. The Labute approximate surface area is 159 Å². The molecule has 26 heavy (non-hydrogen) atoms. The van der Waals surface area contributed by atoms with Gasteiger partial charge in [-0.25, -0.2) is 9.97 Å². The molecule has 7 heteroatoms. The Morgan fingerprint density at radius 1 is 0.885 bits per heavy atom. The smallest absolute Gasteiger partial charge is 0.255 e. The summed E-state index contributed by atoms with van der Waals surface area (Å²) in [6, 6.07) is 10.4. The number of halogens is 1. The number of carbonyl (C=O) groups excluding carboxylic acids is 2. The summed E-state index contributed by atoms with van der Waals surface area (Å²) in [6.07, 6.45) is 0. The lowest BCUT2D eigenvalue weighted by Gasteiger charge is -2.12. The highest BCUT2D eigenvalue weighted by molar-refractivity contribution is 9.10. The van der Waals surface area contributed by atoms with E-state index in [0.717, 1.165) is 21.4 Å². The minimum atomic E-state index is -0.295. The summed E-state index contributed by atoms with van der Waals surface area (Å²) >= 11 is 3.37. The van der Waals surface area contributed by atoms with E-state index in [1.165, 1.54) is 6.92 Å². The van der Waals surface area contributed by atoms with Crippen molar-refractivity contribution in [1.29, 1.82) is 0 Å². The Bertz CT molecular complexity index is 1030. The average molecular weight is 413 g/mol. The first-order chi connectivity index (χ1) is 12.3. The van der Waals surface area contributed by atoms with Gasteiger partial charge in [0.1, 0.15) is 0 Å². The number of nitrogens with one attached hydrogen (secondary N) is 2. The van der Waals surface area contributed by atoms with Crippen LogP contribution in [0.25, 0.3) is 11.0 Å². The maximum absolute atomic E-state index is 12.7. The Balaban J connectivity index is 1.93. The van der Waals surface area contributed by atoms with Crippen LogP contribution in [0.15, 0.2) is 40.9 Å². The summed E-state index contributed by atoms with van der Waals surface area (Å²) < 4.78 is 0.789. The van der Waals surface area contributed by atoms with Crippen molar-refractivity contribution in [3.05, 3.63) is 57.8 Å². The lowest BCUT2D eigenvalue weighted by molar-refractivity contribution is -0.114. The molecule has 6 nitrogen and oxygen atoms in total. The van der Waals surface area contributed by atoms with E-state index in [2.05, 4.69) is 36.5 Å². The highest BCUT2D eigenvalue weighted by Crippen LogP contribution is 2.27. The average Bonchev–Trinajstić information content (AvgIpc) is 2.57. The highest BCUT2D eigenvalue weighted by Gasteiger charge is 2.12. The summed E-state index contributed by atoms with van der Waals surface area (Å²) in [5.74, 6) is -0.508. The molecule has 1 heterocycles. The number of amides is 2. The van der Waals surface area contributed by atoms with Gasteiger partial charge in [-0.3, -0.25) is 9.59 Å². The minimum Gasteiger partial charge on any atom is -0.325 e. The van der Waals surface area contributed by atoms with E-state index in [-0.39, 0.29) is 11.8 Å². The molecule has 0 aliphatic heterocycles. The first-order valence-electron chi connectivity index (χ1n) is 7.97. The fourth-order valence-electron chi connectivity index (χ4n) is 2.48. The second-order valence-electron chi connectivity index (χ2n) is 5.92. The van der Waals surface area contributed by atoms with Crippen LogP contribution in [0.1, 0.15) is 28.7 Å². The van der Waals surface area contributed by atoms with Crippen LogP contribution in [0, 0.1) is 13.8 Å². The molecule has 0 saturated heterocycles. The Hall–Kier alpha value is -2.80. The maximum Gasteiger partial charge on any atom is 0.255 e. The van der Waals surface area contributed by atoms with Crippen molar-refractivity contribution in [3.63, 3.8) is 0 Å². The minimum absolute atomic E-state index is 0.213. The van der Waals surface area contributed by atoms with Gasteiger partial charge in [-0.2, -0.15) is 0 Å². The van der Waals surface area contributed by atoms with E-state index in [9.17, 15) is 9.59 Å². The molecule has 0 radical (unpaired) electrons. The molecule has 2 aromatic carbocycles. The van der Waals surface area contributed by atoms with Gasteiger partial charge < -0.3 is 10.6 Å². The molecular formula is C19H17BrN4O2. The Morgan fingerprint density at radius 3 is 2.27 bits per heavy atom. The largest absolute Gasteiger partial charge is 0.325 e. The topological polar surface area (TPSA) is 84.0 Å². The summed E-state index contributed by atoms with van der Waals surface area (Å²) in [5.41, 5.74) is 4.60. The monoisotopic (exact) mass is 412 g/mol. The van der Waals surface area contributed by atoms with Crippen LogP contribution in [-0.2, 0) is 4.79 Å². The van der Waals surface area contributed by atoms with Crippen LogP contribution in [0.5, 0.6) is 0 Å². The third-order valence-corrected chi connectivity index (χ3v) is 4.37. The fourth-order valence-corrected chi connectivity index (χ4v) is 2.85. The second-order valence-corrected chi connectivity index (χ2v) is 6.84. The molecule has 0 saturated carbocycles. The molecule has 0 spiro atoms. The molecule has 0 fully saturated rings. The lowest BCUT2D eigenvalue weighted by atomic mass is 10.1. The van der Waals surface area contributed by atoms with Crippen molar-refractivity contribution in [1.82, 2.24) is 9.97 Å². The number of rotatable bonds is 3. The zero-order chi connectivity index (χ0) is 18.8. The van der Waals surface area contributed by atoms with Gasteiger partial charge in [-0.15, -0.1) is 0 Å². The van der Waals surface area contributed by atoms with Crippen LogP contribution in [0.3, 0.4) is 0 Å². The zero-order valence-corrected chi connectivity index (χ0v) is 16.1. The quantitative estimate of drug-likeness (QED) is 0.674. The van der Waals surface area contributed by atoms with E-state index in [1.54, 1.807) is 36.4 Å². The van der Waals surface area contributed by atoms with Gasteiger partial charge in [0.15, 0.2) is 0 Å². The zero-order valence-electron chi connectivity index (χ0n) is 14.6. The van der Waals surface area contributed by atoms with Gasteiger partial charge in [0.05, 0.1) is 33.8 Å². The molecule has 0 aliphatic rings. The number of anilines is 2. The van der Waals surface area contributed by atoms with E-state index < -0.39 is 0 Å². The number of hydrogen-bond donors (Lipinski definition) is 2. The molecule has 0 unspecified atom stereocenters. The van der Waals surface area contributed by atoms with Crippen molar-refractivity contribution in [2.75, 3.05) is 10.6 Å². The van der Waals surface area contributed by atoms with Crippen molar-refractivity contribution >= 4 is 50.2 Å². The second kappa shape index (κ2) is 7.21. The maximum atomic E-state index is 12.7. The number of carbonyl (C=O) groups is 2. The number of aromatic nitrogens is 2. The lowest BCUT2D eigenvalue weighted by Crippen LogP contribution is -2.15. The number of hydrogen-bond acceptors (Lipinski definition) is 4. The summed E-state index contributed by atoms with van der Waals surface area (Å²) in [7, 11) is 0. The predicted molar refractivity (Wildman–Crippen MR) is 105 cm³/mol. The summed E-state index contributed by atoms with van der Waals surface area (Å²) in [5, 5.41) is 5.54. The van der Waals surface area contributed by atoms with Crippen LogP contribution < -0.4 is 10.6 Å². The third kappa shape index (κ3) is 3.88. The Kier molecular flexibility index (Phi) is 4.99. The third-order valence-electron chi connectivity index (χ3n) is 3.88. The van der Waals surface area contributed by atoms with E-state index in [0.29, 0.717) is 22.5 Å². The standard InChI is InChI=1S/C19H17BrN4O2/c1-10-11(2)22-17-8-13(4-6-15(17)21-10)19(26)24-18-9-14(20)5-7-16(18)23-12(3)25/h4-9H,1-3H3,(H,23,25)(H,24,26). The van der Waals surface area contributed by atoms with E-state index in [1.807, 2.05) is 13.8 Å². The fraction of sp³-hybridized carbons (Fsp3) is 0.158. The van der Waals surface area contributed by atoms with Crippen LogP contribution >= 0.6 is 15.9 Å². The molecule has 3 rings (SSSR count). The van der Waals surface area contributed by atoms with Crippen molar-refractivity contribution in [2.24, 2.45) is 0 Å². The Morgan fingerprint density at radius 2 is 1.58 bits per heavy atom. The number of fused-ring (bicyclic) bond motifs is 1. The van der Waals surface area contributed by atoms with Gasteiger partial charge in [0.2, 0.25) is 5.91 Å². The molecule has 1 aromatic heterocycles. The molecular weight excluding hydrogens is 396 g/mol. The molecule has 3 aromatic rings. The van der Waals surface area contributed by atoms with E-state index >= 15 is 0 Å². The number of nitrogens with zero attached hydrogens (tertiary/aromatic N) is 2. The highest BCUT2D eigenvalue weighted by atomic mass is 79.9. The SMILES string of the molecule is CC(=O)Nc1ccc(Br)cc1NC(=O)c1ccc2nc(C)c(C)nc2c1. The molecule has 132 valence electrons. The molecule has 0 bridgehead atoms. The van der Waals surface area contributed by atoms with Crippen molar-refractivity contribution in [3.8, 4) is 0 Å². The molecule has 2 amide bonds. The first kappa shape index (κ1) is 18.0. The van der Waals surface area contributed by atoms with Gasteiger partial charge in [-0.05, 0) is 50.2 Å². The van der Waals surface area contributed by atoms with Gasteiger partial charge in [0.25, 0.3) is 5.91 Å². The molecule has 2 N–H and O–H groups in total. The normalized spacial score (nSPS) is 10.6. The van der Waals surface area contributed by atoms with Crippen LogP contribution in [-0.4, -0.2) is 21.8 Å². The summed E-state index contributed by atoms with van der Waals surface area (Å²) in [6.45, 7) is 5.20. The predicted octanol–water partition coefficient (Wildman–Crippen LogP) is 4.22. The first-order valence-corrected chi connectivity index (χ1v) is 8.76. The van der Waals surface area contributed by atoms with Crippen molar-refractivity contribution < 1.29 is 9.59 Å².